The van der Waals surface area contributed by atoms with Crippen LogP contribution in [0.1, 0.15) is 26.7 Å². The van der Waals surface area contributed by atoms with Crippen LogP contribution in [-0.2, 0) is 28.4 Å². The zero-order valence-electron chi connectivity index (χ0n) is 21.0. The van der Waals surface area contributed by atoms with Crippen molar-refractivity contribution in [3.8, 4) is 0 Å². The van der Waals surface area contributed by atoms with Gasteiger partial charge in [0.05, 0.1) is 66.1 Å². The van der Waals surface area contributed by atoms with E-state index in [9.17, 15) is 9.59 Å². The number of nitrogens with one attached hydrogen (secondary N) is 4. The number of unbranched alkanes of at least 4 members (excludes halogenated alkanes) is 1. The molecule has 34 heavy (non-hydrogen) atoms. The van der Waals surface area contributed by atoms with E-state index in [1.807, 2.05) is 13.8 Å². The summed E-state index contributed by atoms with van der Waals surface area (Å²) in [6.45, 7) is 12.3. The summed E-state index contributed by atoms with van der Waals surface area (Å²) in [5.41, 5.74) is 0. The van der Waals surface area contributed by atoms with Gasteiger partial charge in [-0.25, -0.2) is 9.59 Å². The average Bonchev–Trinajstić information content (AvgIpc) is 2.83. The van der Waals surface area contributed by atoms with E-state index in [2.05, 4.69) is 21.3 Å². The second-order valence-corrected chi connectivity index (χ2v) is 6.92. The molecule has 0 aromatic rings. The fourth-order valence-corrected chi connectivity index (χ4v) is 2.42. The Morgan fingerprint density at radius 1 is 0.441 bits per heavy atom. The molecule has 0 heterocycles. The summed E-state index contributed by atoms with van der Waals surface area (Å²) in [5.74, 6) is 0. The van der Waals surface area contributed by atoms with Crippen molar-refractivity contribution in [2.24, 2.45) is 0 Å². The summed E-state index contributed by atoms with van der Waals surface area (Å²) < 4.78 is 31.7. The minimum absolute atomic E-state index is 0.234. The molecule has 0 aliphatic rings. The van der Waals surface area contributed by atoms with E-state index in [4.69, 9.17) is 28.4 Å². The van der Waals surface area contributed by atoms with E-state index in [0.29, 0.717) is 105 Å². The molecule has 0 rings (SSSR count). The van der Waals surface area contributed by atoms with Crippen molar-refractivity contribution in [2.45, 2.75) is 26.7 Å². The maximum atomic E-state index is 11.7. The summed E-state index contributed by atoms with van der Waals surface area (Å²) >= 11 is 0. The number of carbonyl (C=O) groups is 2. The van der Waals surface area contributed by atoms with E-state index in [1.54, 1.807) is 0 Å². The molecule has 0 bridgehead atoms. The van der Waals surface area contributed by atoms with Gasteiger partial charge >= 0.3 is 12.1 Å². The van der Waals surface area contributed by atoms with Gasteiger partial charge in [-0.05, 0) is 26.7 Å². The van der Waals surface area contributed by atoms with Crippen LogP contribution in [0.4, 0.5) is 9.59 Å². The predicted octanol–water partition coefficient (Wildman–Crippen LogP) is 0.504. The van der Waals surface area contributed by atoms with Crippen molar-refractivity contribution >= 4 is 12.1 Å². The maximum absolute atomic E-state index is 11.7. The largest absolute Gasteiger partial charge is 0.379 e. The molecule has 0 fully saturated rings. The van der Waals surface area contributed by atoms with Crippen molar-refractivity contribution in [1.82, 2.24) is 21.3 Å². The quantitative estimate of drug-likeness (QED) is 0.135. The van der Waals surface area contributed by atoms with Gasteiger partial charge in [0.15, 0.2) is 0 Å². The highest BCUT2D eigenvalue weighted by molar-refractivity contribution is 5.74. The fraction of sp³-hybridized carbons (Fsp3) is 0.909. The van der Waals surface area contributed by atoms with E-state index in [0.717, 1.165) is 12.8 Å². The van der Waals surface area contributed by atoms with Crippen molar-refractivity contribution in [3.63, 3.8) is 0 Å². The molecule has 12 heteroatoms. The first-order valence-electron chi connectivity index (χ1n) is 12.2. The number of hydrogen-bond acceptors (Lipinski definition) is 8. The lowest BCUT2D eigenvalue weighted by molar-refractivity contribution is 0.0178. The van der Waals surface area contributed by atoms with Gasteiger partial charge in [-0.15, -0.1) is 0 Å². The Hall–Kier alpha value is -1.70. The molecule has 0 aliphatic carbocycles. The second kappa shape index (κ2) is 27.5. The molecular formula is C22H46N4O8. The molecule has 0 atom stereocenters. The number of urea groups is 2. The number of rotatable bonds is 25. The first kappa shape index (κ1) is 32.3. The molecule has 0 aromatic carbocycles. The highest BCUT2D eigenvalue weighted by Crippen LogP contribution is 1.86. The summed E-state index contributed by atoms with van der Waals surface area (Å²) in [6, 6.07) is -0.469. The van der Waals surface area contributed by atoms with Crippen LogP contribution in [0.2, 0.25) is 0 Å². The normalized spacial score (nSPS) is 10.8. The monoisotopic (exact) mass is 494 g/mol. The number of carbonyl (C=O) groups excluding carboxylic acids is 2. The van der Waals surface area contributed by atoms with Crippen molar-refractivity contribution in [3.05, 3.63) is 0 Å². The minimum atomic E-state index is -0.234. The highest BCUT2D eigenvalue weighted by atomic mass is 16.5. The molecule has 4 amide bonds. The SMILES string of the molecule is CCOCCOCCOCCNC(=O)NCCCCNC(=O)NCCOCCOCCOCC. The average molecular weight is 495 g/mol. The highest BCUT2D eigenvalue weighted by Gasteiger charge is 2.01. The van der Waals surface area contributed by atoms with E-state index >= 15 is 0 Å². The Morgan fingerprint density at radius 3 is 1.09 bits per heavy atom. The molecule has 0 aromatic heterocycles. The third-order valence-electron chi connectivity index (χ3n) is 4.13. The van der Waals surface area contributed by atoms with Crippen molar-refractivity contribution in [2.75, 3.05) is 105 Å². The van der Waals surface area contributed by atoms with Gasteiger partial charge in [-0.2, -0.15) is 0 Å². The lowest BCUT2D eigenvalue weighted by atomic mass is 10.3. The molecule has 0 saturated heterocycles. The van der Waals surface area contributed by atoms with Crippen molar-refractivity contribution < 1.29 is 38.0 Å². The molecule has 0 spiro atoms. The van der Waals surface area contributed by atoms with Crippen LogP contribution in [0.15, 0.2) is 0 Å². The van der Waals surface area contributed by atoms with E-state index < -0.39 is 0 Å². The summed E-state index contributed by atoms with van der Waals surface area (Å²) in [4.78, 5) is 23.3. The van der Waals surface area contributed by atoms with Gasteiger partial charge in [0.25, 0.3) is 0 Å². The summed E-state index contributed by atoms with van der Waals surface area (Å²) in [6.07, 6.45) is 1.52. The Bertz CT molecular complexity index is 421. The lowest BCUT2D eigenvalue weighted by Gasteiger charge is -2.10. The number of amides is 4. The zero-order chi connectivity index (χ0) is 25.0. The van der Waals surface area contributed by atoms with Crippen molar-refractivity contribution in [1.29, 1.82) is 0 Å². The van der Waals surface area contributed by atoms with Gasteiger partial charge in [0.2, 0.25) is 0 Å². The second-order valence-electron chi connectivity index (χ2n) is 6.92. The topological polar surface area (TPSA) is 138 Å². The Kier molecular flexibility index (Phi) is 26.2. The molecule has 4 N–H and O–H groups in total. The molecule has 0 unspecified atom stereocenters. The van der Waals surface area contributed by atoms with Crippen LogP contribution in [0.5, 0.6) is 0 Å². The van der Waals surface area contributed by atoms with Gasteiger partial charge in [-0.3, -0.25) is 0 Å². The van der Waals surface area contributed by atoms with Gasteiger partial charge in [-0.1, -0.05) is 0 Å². The Balaban J connectivity index is 3.27. The minimum Gasteiger partial charge on any atom is -0.379 e. The molecule has 0 saturated carbocycles. The van der Waals surface area contributed by atoms with Crippen LogP contribution in [0.25, 0.3) is 0 Å². The number of ether oxygens (including phenoxy) is 6. The smallest absolute Gasteiger partial charge is 0.314 e. The molecule has 0 radical (unpaired) electrons. The molecule has 0 aliphatic heterocycles. The molecular weight excluding hydrogens is 448 g/mol. The molecule has 202 valence electrons. The molecule has 12 nitrogen and oxygen atoms in total. The van der Waals surface area contributed by atoms with Crippen LogP contribution in [0, 0.1) is 0 Å². The summed E-state index contributed by atoms with van der Waals surface area (Å²) in [5, 5.41) is 11.0. The third kappa shape index (κ3) is 26.6. The van der Waals surface area contributed by atoms with E-state index in [-0.39, 0.29) is 12.1 Å². The van der Waals surface area contributed by atoms with Gasteiger partial charge in [0, 0.05) is 39.4 Å². The maximum Gasteiger partial charge on any atom is 0.314 e. The standard InChI is InChI=1S/C22H46N4O8/c1-3-29-13-15-33-19-17-31-11-9-25-21(27)23-7-5-6-8-24-22(28)26-10-12-32-18-20-34-16-14-30-4-2/h3-20H2,1-2H3,(H2,23,25,27)(H2,24,26,28). The Morgan fingerprint density at radius 2 is 0.735 bits per heavy atom. The van der Waals surface area contributed by atoms with Gasteiger partial charge in [0.1, 0.15) is 0 Å². The number of hydrogen-bond donors (Lipinski definition) is 4. The van der Waals surface area contributed by atoms with Gasteiger partial charge < -0.3 is 49.7 Å². The van der Waals surface area contributed by atoms with Crippen LogP contribution >= 0.6 is 0 Å². The van der Waals surface area contributed by atoms with Crippen LogP contribution < -0.4 is 21.3 Å². The first-order valence-corrected chi connectivity index (χ1v) is 12.2. The zero-order valence-corrected chi connectivity index (χ0v) is 21.0. The third-order valence-corrected chi connectivity index (χ3v) is 4.13. The van der Waals surface area contributed by atoms with E-state index in [1.165, 1.54) is 0 Å². The predicted molar refractivity (Wildman–Crippen MR) is 128 cm³/mol. The fourth-order valence-electron chi connectivity index (χ4n) is 2.42. The first-order chi connectivity index (χ1) is 16.7. The summed E-state index contributed by atoms with van der Waals surface area (Å²) in [7, 11) is 0. The van der Waals surface area contributed by atoms with Crippen LogP contribution in [0.3, 0.4) is 0 Å². The lowest BCUT2D eigenvalue weighted by Crippen LogP contribution is -2.39. The van der Waals surface area contributed by atoms with Crippen LogP contribution in [-0.4, -0.2) is 118 Å². The Labute approximate surface area is 204 Å².